The molecule has 1 aromatic heterocycles. The fourth-order valence-corrected chi connectivity index (χ4v) is 1.98. The zero-order chi connectivity index (χ0) is 14.8. The van der Waals surface area contributed by atoms with E-state index >= 15 is 0 Å². The molecular formula is C14H10N4O3. The summed E-state index contributed by atoms with van der Waals surface area (Å²) in [5.74, 6) is 0.983. The Labute approximate surface area is 120 Å². The highest BCUT2D eigenvalue weighted by Gasteiger charge is 2.27. The SMILES string of the molecule is N#Cc1ccc(Oc2ncc([N+](=O)[O-])cn2)c(C2CC2)c1. The highest BCUT2D eigenvalue weighted by atomic mass is 16.6. The lowest BCUT2D eigenvalue weighted by Crippen LogP contribution is -1.97. The van der Waals surface area contributed by atoms with Gasteiger partial charge in [0.25, 0.3) is 0 Å². The third-order valence-electron chi connectivity index (χ3n) is 3.18. The Balaban J connectivity index is 1.87. The number of hydrogen-bond donors (Lipinski definition) is 0. The van der Waals surface area contributed by atoms with Crippen molar-refractivity contribution in [2.45, 2.75) is 18.8 Å². The summed E-state index contributed by atoms with van der Waals surface area (Å²) in [6.07, 6.45) is 4.32. The number of nitro groups is 1. The summed E-state index contributed by atoms with van der Waals surface area (Å²) in [6.45, 7) is 0. The molecule has 3 rings (SSSR count). The lowest BCUT2D eigenvalue weighted by atomic mass is 10.1. The summed E-state index contributed by atoms with van der Waals surface area (Å²) in [4.78, 5) is 17.6. The monoisotopic (exact) mass is 282 g/mol. The predicted octanol–water partition coefficient (Wildman–Crippen LogP) is 2.93. The fraction of sp³-hybridized carbons (Fsp3) is 0.214. The topological polar surface area (TPSA) is 102 Å². The van der Waals surface area contributed by atoms with Gasteiger partial charge in [0.05, 0.1) is 16.6 Å². The molecule has 0 saturated heterocycles. The van der Waals surface area contributed by atoms with Crippen LogP contribution in [0.1, 0.15) is 29.9 Å². The number of nitriles is 1. The first kappa shape index (κ1) is 13.0. The third-order valence-corrected chi connectivity index (χ3v) is 3.18. The van der Waals surface area contributed by atoms with Crippen molar-refractivity contribution >= 4 is 5.69 Å². The van der Waals surface area contributed by atoms with Gasteiger partial charge in [-0.1, -0.05) is 0 Å². The van der Waals surface area contributed by atoms with E-state index in [4.69, 9.17) is 10.00 Å². The number of ether oxygens (including phenoxy) is 1. The lowest BCUT2D eigenvalue weighted by Gasteiger charge is -2.09. The largest absolute Gasteiger partial charge is 0.424 e. The summed E-state index contributed by atoms with van der Waals surface area (Å²) in [7, 11) is 0. The van der Waals surface area contributed by atoms with Crippen molar-refractivity contribution in [3.05, 3.63) is 51.8 Å². The smallest absolute Gasteiger partial charge is 0.322 e. The highest BCUT2D eigenvalue weighted by Crippen LogP contribution is 2.45. The molecule has 7 heteroatoms. The minimum Gasteiger partial charge on any atom is -0.424 e. The maximum absolute atomic E-state index is 10.5. The van der Waals surface area contributed by atoms with Gasteiger partial charge in [0.15, 0.2) is 0 Å². The van der Waals surface area contributed by atoms with E-state index in [1.54, 1.807) is 18.2 Å². The van der Waals surface area contributed by atoms with Crippen LogP contribution in [0.2, 0.25) is 0 Å². The van der Waals surface area contributed by atoms with E-state index in [1.807, 2.05) is 0 Å². The Morgan fingerprint density at radius 3 is 2.62 bits per heavy atom. The van der Waals surface area contributed by atoms with Crippen LogP contribution in [0.15, 0.2) is 30.6 Å². The van der Waals surface area contributed by atoms with Crippen molar-refractivity contribution < 1.29 is 9.66 Å². The molecule has 0 amide bonds. The Bertz CT molecular complexity index is 733. The van der Waals surface area contributed by atoms with Gasteiger partial charge in [-0.15, -0.1) is 0 Å². The van der Waals surface area contributed by atoms with Gasteiger partial charge >= 0.3 is 11.7 Å². The molecule has 1 aliphatic carbocycles. The molecule has 7 nitrogen and oxygen atoms in total. The summed E-state index contributed by atoms with van der Waals surface area (Å²) in [5.41, 5.74) is 1.34. The lowest BCUT2D eigenvalue weighted by molar-refractivity contribution is -0.385. The molecule has 2 aromatic rings. The maximum Gasteiger partial charge on any atom is 0.322 e. The van der Waals surface area contributed by atoms with Gasteiger partial charge in [0.1, 0.15) is 18.1 Å². The van der Waals surface area contributed by atoms with Gasteiger partial charge in [-0.25, -0.2) is 0 Å². The Morgan fingerprint density at radius 2 is 2.05 bits per heavy atom. The molecule has 0 bridgehead atoms. The van der Waals surface area contributed by atoms with Crippen molar-refractivity contribution in [2.75, 3.05) is 0 Å². The third kappa shape index (κ3) is 2.79. The molecule has 1 saturated carbocycles. The van der Waals surface area contributed by atoms with Crippen molar-refractivity contribution in [3.8, 4) is 17.8 Å². The molecule has 21 heavy (non-hydrogen) atoms. The zero-order valence-electron chi connectivity index (χ0n) is 10.9. The highest BCUT2D eigenvalue weighted by molar-refractivity contribution is 5.46. The van der Waals surface area contributed by atoms with Crippen LogP contribution in [-0.2, 0) is 0 Å². The van der Waals surface area contributed by atoms with Crippen LogP contribution in [0, 0.1) is 21.4 Å². The molecule has 1 aromatic carbocycles. The Morgan fingerprint density at radius 1 is 1.33 bits per heavy atom. The maximum atomic E-state index is 10.5. The number of benzene rings is 1. The number of nitrogens with zero attached hydrogens (tertiary/aromatic N) is 4. The molecule has 104 valence electrons. The molecule has 0 spiro atoms. The van der Waals surface area contributed by atoms with Crippen LogP contribution in [0.25, 0.3) is 0 Å². The average Bonchev–Trinajstić information content (AvgIpc) is 3.33. The predicted molar refractivity (Wildman–Crippen MR) is 71.9 cm³/mol. The Hall–Kier alpha value is -3.01. The number of rotatable bonds is 4. The minimum absolute atomic E-state index is 0.0483. The Kier molecular flexibility index (Phi) is 3.20. The van der Waals surface area contributed by atoms with Crippen LogP contribution < -0.4 is 4.74 Å². The van der Waals surface area contributed by atoms with E-state index in [9.17, 15) is 10.1 Å². The zero-order valence-corrected chi connectivity index (χ0v) is 10.9. The second kappa shape index (κ2) is 5.17. The molecule has 1 aliphatic rings. The number of hydrogen-bond acceptors (Lipinski definition) is 6. The second-order valence-corrected chi connectivity index (χ2v) is 4.72. The van der Waals surface area contributed by atoms with Gasteiger partial charge < -0.3 is 4.74 Å². The summed E-state index contributed by atoms with van der Waals surface area (Å²) >= 11 is 0. The fourth-order valence-electron chi connectivity index (χ4n) is 1.98. The van der Waals surface area contributed by atoms with Gasteiger partial charge in [0, 0.05) is 0 Å². The van der Waals surface area contributed by atoms with Crippen molar-refractivity contribution in [3.63, 3.8) is 0 Å². The van der Waals surface area contributed by atoms with E-state index < -0.39 is 4.92 Å². The van der Waals surface area contributed by atoms with Gasteiger partial charge in [-0.2, -0.15) is 15.2 Å². The van der Waals surface area contributed by atoms with E-state index in [-0.39, 0.29) is 11.7 Å². The van der Waals surface area contributed by atoms with Crippen molar-refractivity contribution in [1.29, 1.82) is 5.26 Å². The van der Waals surface area contributed by atoms with E-state index in [0.717, 1.165) is 30.8 Å². The first-order valence-corrected chi connectivity index (χ1v) is 6.35. The summed E-state index contributed by atoms with van der Waals surface area (Å²) in [6, 6.07) is 7.32. The molecule has 0 atom stereocenters. The standard InChI is InChI=1S/C14H10N4O3/c15-6-9-1-4-13(12(5-9)10-2-3-10)21-14-16-7-11(8-17-14)18(19)20/h1,4-5,7-8,10H,2-3H2. The van der Waals surface area contributed by atoms with Crippen molar-refractivity contribution in [1.82, 2.24) is 9.97 Å². The van der Waals surface area contributed by atoms with Crippen molar-refractivity contribution in [2.24, 2.45) is 0 Å². The van der Waals surface area contributed by atoms with Crippen LogP contribution in [0.5, 0.6) is 11.8 Å². The molecule has 0 unspecified atom stereocenters. The molecule has 0 radical (unpaired) electrons. The van der Waals surface area contributed by atoms with Crippen LogP contribution in [0.4, 0.5) is 5.69 Å². The first-order valence-electron chi connectivity index (χ1n) is 6.35. The normalized spacial score (nSPS) is 13.5. The molecule has 1 heterocycles. The molecule has 1 fully saturated rings. The molecule has 0 N–H and O–H groups in total. The van der Waals surface area contributed by atoms with Gasteiger partial charge in [-0.3, -0.25) is 10.1 Å². The molecule has 0 aliphatic heterocycles. The minimum atomic E-state index is -0.568. The second-order valence-electron chi connectivity index (χ2n) is 4.72. The van der Waals surface area contributed by atoms with E-state index in [2.05, 4.69) is 16.0 Å². The quantitative estimate of drug-likeness (QED) is 0.631. The summed E-state index contributed by atoms with van der Waals surface area (Å²) in [5, 5.41) is 19.5. The average molecular weight is 282 g/mol. The number of aromatic nitrogens is 2. The van der Waals surface area contributed by atoms with Crippen LogP contribution in [-0.4, -0.2) is 14.9 Å². The van der Waals surface area contributed by atoms with Crippen LogP contribution in [0.3, 0.4) is 0 Å². The van der Waals surface area contributed by atoms with E-state index in [0.29, 0.717) is 17.2 Å². The summed E-state index contributed by atoms with van der Waals surface area (Å²) < 4.78 is 5.59. The van der Waals surface area contributed by atoms with E-state index in [1.165, 1.54) is 0 Å². The van der Waals surface area contributed by atoms with Gasteiger partial charge in [-0.05, 0) is 42.5 Å². The first-order chi connectivity index (χ1) is 10.2. The van der Waals surface area contributed by atoms with Gasteiger partial charge in [0.2, 0.25) is 0 Å². The van der Waals surface area contributed by atoms with Crippen LogP contribution >= 0.6 is 0 Å². The molecular weight excluding hydrogens is 272 g/mol.